The van der Waals surface area contributed by atoms with Crippen LogP contribution < -0.4 is 5.32 Å². The molecule has 0 saturated heterocycles. The van der Waals surface area contributed by atoms with Crippen LogP contribution in [-0.2, 0) is 4.79 Å². The number of aliphatic hydroxyl groups excluding tert-OH is 2. The highest BCUT2D eigenvalue weighted by Crippen LogP contribution is 2.13. The minimum Gasteiger partial charge on any atom is -0.394 e. The van der Waals surface area contributed by atoms with E-state index in [2.05, 4.69) is 153 Å². The van der Waals surface area contributed by atoms with Crippen LogP contribution in [0.4, 0.5) is 0 Å². The molecule has 0 heterocycles. The molecule has 0 aliphatic carbocycles. The first-order chi connectivity index (χ1) is 30.7. The Morgan fingerprint density at radius 2 is 0.726 bits per heavy atom. The van der Waals surface area contributed by atoms with Crippen LogP contribution >= 0.6 is 0 Å². The molecule has 0 saturated carbocycles. The Balaban J connectivity index is 3.62. The zero-order chi connectivity index (χ0) is 44.9. The van der Waals surface area contributed by atoms with Gasteiger partial charge in [-0.1, -0.05) is 224 Å². The topological polar surface area (TPSA) is 69.6 Å². The average molecular weight is 852 g/mol. The van der Waals surface area contributed by atoms with Crippen molar-refractivity contribution in [1.82, 2.24) is 5.32 Å². The van der Waals surface area contributed by atoms with Gasteiger partial charge in [0.25, 0.3) is 0 Å². The third-order valence-electron chi connectivity index (χ3n) is 10.3. The fourth-order valence-electron chi connectivity index (χ4n) is 6.51. The van der Waals surface area contributed by atoms with Crippen molar-refractivity contribution in [2.24, 2.45) is 0 Å². The number of nitrogens with one attached hydrogen (secondary N) is 1. The van der Waals surface area contributed by atoms with Crippen molar-refractivity contribution in [2.75, 3.05) is 6.61 Å². The molecule has 0 aromatic heterocycles. The zero-order valence-electron chi connectivity index (χ0n) is 39.8. The van der Waals surface area contributed by atoms with Gasteiger partial charge in [0.1, 0.15) is 0 Å². The molecule has 4 heteroatoms. The van der Waals surface area contributed by atoms with E-state index in [1.807, 2.05) is 6.08 Å². The summed E-state index contributed by atoms with van der Waals surface area (Å²) in [4.78, 5) is 12.4. The van der Waals surface area contributed by atoms with E-state index in [-0.39, 0.29) is 12.5 Å². The van der Waals surface area contributed by atoms with Crippen LogP contribution in [-0.4, -0.2) is 34.9 Å². The zero-order valence-corrected chi connectivity index (χ0v) is 39.8. The Kier molecular flexibility index (Phi) is 48.5. The highest BCUT2D eigenvalue weighted by Gasteiger charge is 2.17. The van der Waals surface area contributed by atoms with E-state index < -0.39 is 12.1 Å². The molecule has 0 rings (SSSR count). The summed E-state index contributed by atoms with van der Waals surface area (Å²) >= 11 is 0. The maximum atomic E-state index is 12.4. The second kappa shape index (κ2) is 51.6. The molecule has 4 nitrogen and oxygen atoms in total. The van der Waals surface area contributed by atoms with Crippen LogP contribution in [0.1, 0.15) is 194 Å². The fourth-order valence-corrected chi connectivity index (χ4v) is 6.51. The van der Waals surface area contributed by atoms with E-state index in [1.165, 1.54) is 70.6 Å². The molecule has 0 bridgehead atoms. The molecule has 0 spiro atoms. The highest BCUT2D eigenvalue weighted by molar-refractivity contribution is 5.76. The van der Waals surface area contributed by atoms with Crippen LogP contribution in [0.25, 0.3) is 0 Å². The maximum Gasteiger partial charge on any atom is 0.220 e. The molecule has 348 valence electrons. The summed E-state index contributed by atoms with van der Waals surface area (Å²) < 4.78 is 0. The summed E-state index contributed by atoms with van der Waals surface area (Å²) in [5.41, 5.74) is 0. The Labute approximate surface area is 383 Å². The molecule has 0 aromatic carbocycles. The van der Waals surface area contributed by atoms with Gasteiger partial charge >= 0.3 is 0 Å². The predicted molar refractivity (Wildman–Crippen MR) is 275 cm³/mol. The number of hydrogen-bond donors (Lipinski definition) is 3. The van der Waals surface area contributed by atoms with Crippen LogP contribution in [0.2, 0.25) is 0 Å². The first-order valence-corrected chi connectivity index (χ1v) is 25.0. The third kappa shape index (κ3) is 47.3. The summed E-state index contributed by atoms with van der Waals surface area (Å²) in [6, 6.07) is -0.648. The van der Waals surface area contributed by atoms with Gasteiger partial charge in [0.05, 0.1) is 18.8 Å². The summed E-state index contributed by atoms with van der Waals surface area (Å²) in [7, 11) is 0. The van der Waals surface area contributed by atoms with E-state index in [1.54, 1.807) is 6.08 Å². The third-order valence-corrected chi connectivity index (χ3v) is 10.3. The quantitative estimate of drug-likeness (QED) is 0.0423. The molecule has 0 fully saturated rings. The Morgan fingerprint density at radius 1 is 0.403 bits per heavy atom. The molecule has 62 heavy (non-hydrogen) atoms. The summed E-state index contributed by atoms with van der Waals surface area (Å²) in [6.07, 6.45) is 82.8. The molecular weight excluding hydrogens is 759 g/mol. The van der Waals surface area contributed by atoms with Gasteiger partial charge in [0.15, 0.2) is 0 Å². The summed E-state index contributed by atoms with van der Waals surface area (Å²) in [5.74, 6) is -0.0889. The Bertz CT molecular complexity index is 1330. The van der Waals surface area contributed by atoms with Crippen molar-refractivity contribution in [2.45, 2.75) is 206 Å². The smallest absolute Gasteiger partial charge is 0.220 e. The number of hydrogen-bond acceptors (Lipinski definition) is 3. The minimum atomic E-state index is -0.870. The fraction of sp³-hybridized carbons (Fsp3) is 0.569. The van der Waals surface area contributed by atoms with Crippen molar-refractivity contribution < 1.29 is 15.0 Å². The largest absolute Gasteiger partial charge is 0.394 e. The van der Waals surface area contributed by atoms with Crippen molar-refractivity contribution in [3.63, 3.8) is 0 Å². The standard InChI is InChI=1S/C58H93NO3/c1-3-5-7-9-11-13-14-15-16-17-18-19-20-21-22-23-24-25-26-27-28-29-30-31-32-33-34-35-36-37-38-39-40-41-42-43-44-46-48-50-52-54-58(62)59-56(55-60)57(61)53-51-49-47-45-12-10-8-6-4-2/h5,7,11-13,15-16,18-19,21-22,24-25,27-28,30-31,33-34,36-37,45,51,53,56-57,60-61H,3-4,6,8-10,14,17,20,23,26,29,32,35,38-44,46-50,52,54-55H2,1-2H3,(H,59,62)/b7-5-,13-11-,16-15-,19-18-,22-21-,25-24-,28-27-,31-30-,34-33-,37-36-,45-12+,53-51+. The number of unbranched alkanes of at least 4 members (excludes halogenated alkanes) is 14. The maximum absolute atomic E-state index is 12.4. The van der Waals surface area contributed by atoms with Crippen LogP contribution in [0.5, 0.6) is 0 Å². The van der Waals surface area contributed by atoms with Gasteiger partial charge in [-0.3, -0.25) is 4.79 Å². The van der Waals surface area contributed by atoms with E-state index >= 15 is 0 Å². The monoisotopic (exact) mass is 852 g/mol. The SMILES string of the molecule is CC/C=C\C/C=C\C/C=C\C/C=C\C/C=C\C/C=C\C/C=C\C/C=C\C/C=C\C/C=C\CCCCCCCCCCCCC(=O)NC(CO)C(O)/C=C/CC/C=C/CCCCC. The molecule has 3 N–H and O–H groups in total. The molecule has 0 radical (unpaired) electrons. The van der Waals surface area contributed by atoms with Gasteiger partial charge in [-0.2, -0.15) is 0 Å². The van der Waals surface area contributed by atoms with Gasteiger partial charge in [-0.25, -0.2) is 0 Å². The van der Waals surface area contributed by atoms with Crippen molar-refractivity contribution >= 4 is 5.91 Å². The lowest BCUT2D eigenvalue weighted by Crippen LogP contribution is -2.45. The Hall–Kier alpha value is -3.73. The lowest BCUT2D eigenvalue weighted by Gasteiger charge is -2.19. The van der Waals surface area contributed by atoms with Gasteiger partial charge in [0, 0.05) is 6.42 Å². The second-order valence-electron chi connectivity index (χ2n) is 16.1. The number of carbonyl (C=O) groups is 1. The van der Waals surface area contributed by atoms with Crippen molar-refractivity contribution in [1.29, 1.82) is 0 Å². The van der Waals surface area contributed by atoms with E-state index in [0.717, 1.165) is 103 Å². The number of rotatable bonds is 43. The van der Waals surface area contributed by atoms with E-state index in [4.69, 9.17) is 0 Å². The second-order valence-corrected chi connectivity index (χ2v) is 16.1. The first-order valence-electron chi connectivity index (χ1n) is 25.0. The van der Waals surface area contributed by atoms with E-state index in [9.17, 15) is 15.0 Å². The molecule has 2 atom stereocenters. The van der Waals surface area contributed by atoms with Crippen LogP contribution in [0.3, 0.4) is 0 Å². The van der Waals surface area contributed by atoms with Gasteiger partial charge < -0.3 is 15.5 Å². The summed E-state index contributed by atoms with van der Waals surface area (Å²) in [5, 5.41) is 22.9. The molecule has 0 aliphatic rings. The molecule has 2 unspecified atom stereocenters. The predicted octanol–water partition coefficient (Wildman–Crippen LogP) is 16.5. The van der Waals surface area contributed by atoms with Crippen LogP contribution in [0, 0.1) is 0 Å². The first kappa shape index (κ1) is 58.3. The van der Waals surface area contributed by atoms with Gasteiger partial charge in [-0.15, -0.1) is 0 Å². The molecule has 1 amide bonds. The highest BCUT2D eigenvalue weighted by atomic mass is 16.3. The molecular formula is C58H93NO3. The Morgan fingerprint density at radius 3 is 1.13 bits per heavy atom. The van der Waals surface area contributed by atoms with Crippen molar-refractivity contribution in [3.8, 4) is 0 Å². The number of carbonyl (C=O) groups excluding carboxylic acids is 1. The molecule has 0 aromatic rings. The van der Waals surface area contributed by atoms with E-state index in [0.29, 0.717) is 6.42 Å². The average Bonchev–Trinajstić information content (AvgIpc) is 3.28. The number of aliphatic hydroxyl groups is 2. The normalized spacial score (nSPS) is 14.2. The lowest BCUT2D eigenvalue weighted by atomic mass is 10.0. The number of allylic oxidation sites excluding steroid dienone is 23. The minimum absolute atomic E-state index is 0.0889. The number of amides is 1. The van der Waals surface area contributed by atoms with Crippen molar-refractivity contribution in [3.05, 3.63) is 146 Å². The van der Waals surface area contributed by atoms with Gasteiger partial charge in [0.2, 0.25) is 5.91 Å². The summed E-state index contributed by atoms with van der Waals surface area (Å²) in [6.45, 7) is 4.11. The molecule has 0 aliphatic heterocycles. The van der Waals surface area contributed by atoms with Gasteiger partial charge in [-0.05, 0) is 109 Å². The van der Waals surface area contributed by atoms with Crippen LogP contribution in [0.15, 0.2) is 146 Å². The lowest BCUT2D eigenvalue weighted by molar-refractivity contribution is -0.123.